The minimum absolute atomic E-state index is 0.261. The van der Waals surface area contributed by atoms with E-state index in [2.05, 4.69) is 12.2 Å². The third kappa shape index (κ3) is 5.38. The van der Waals surface area contributed by atoms with Crippen LogP contribution in [0.5, 0.6) is 5.75 Å². The zero-order chi connectivity index (χ0) is 15.1. The first-order valence-corrected chi connectivity index (χ1v) is 7.82. The Morgan fingerprint density at radius 1 is 1.43 bits per heavy atom. The fraction of sp³-hybridized carbons (Fsp3) is 0.588. The van der Waals surface area contributed by atoms with Crippen LogP contribution in [0.25, 0.3) is 0 Å². The highest BCUT2D eigenvalue weighted by Gasteiger charge is 2.18. The van der Waals surface area contributed by atoms with E-state index in [1.165, 1.54) is 25.7 Å². The normalized spacial score (nSPS) is 22.0. The smallest absolute Gasteiger partial charge is 0.335 e. The van der Waals surface area contributed by atoms with E-state index in [0.29, 0.717) is 12.4 Å². The highest BCUT2D eigenvalue weighted by Crippen LogP contribution is 2.27. The minimum atomic E-state index is -0.926. The van der Waals surface area contributed by atoms with E-state index in [0.717, 1.165) is 24.9 Å². The summed E-state index contributed by atoms with van der Waals surface area (Å²) in [6.07, 6.45) is 5.39. The molecule has 0 aromatic heterocycles. The van der Waals surface area contributed by atoms with Gasteiger partial charge >= 0.3 is 5.97 Å². The van der Waals surface area contributed by atoms with Crippen LogP contribution < -0.4 is 10.1 Å². The van der Waals surface area contributed by atoms with Crippen LogP contribution in [0.15, 0.2) is 24.3 Å². The first-order chi connectivity index (χ1) is 10.1. The standard InChI is InChI=1S/C17H25NO3/c1-13-4-2-5-14(10-13)12-18-8-9-21-16-7-3-6-15(11-16)17(19)20/h3,6-7,11,13-14,18H,2,4-5,8-10,12H2,1H3,(H,19,20). The van der Waals surface area contributed by atoms with Gasteiger partial charge in [-0.15, -0.1) is 0 Å². The van der Waals surface area contributed by atoms with Gasteiger partial charge in [0.1, 0.15) is 12.4 Å². The molecule has 0 amide bonds. The quantitative estimate of drug-likeness (QED) is 0.758. The fourth-order valence-electron chi connectivity index (χ4n) is 3.01. The molecule has 0 saturated heterocycles. The molecule has 1 aliphatic rings. The highest BCUT2D eigenvalue weighted by atomic mass is 16.5. The predicted molar refractivity (Wildman–Crippen MR) is 82.9 cm³/mol. The highest BCUT2D eigenvalue weighted by molar-refractivity contribution is 5.87. The second-order valence-corrected chi connectivity index (χ2v) is 6.02. The molecule has 0 radical (unpaired) electrons. The summed E-state index contributed by atoms with van der Waals surface area (Å²) >= 11 is 0. The van der Waals surface area contributed by atoms with E-state index in [1.807, 2.05) is 0 Å². The van der Waals surface area contributed by atoms with Gasteiger partial charge < -0.3 is 15.2 Å². The molecular formula is C17H25NO3. The molecule has 2 unspecified atom stereocenters. The lowest BCUT2D eigenvalue weighted by Gasteiger charge is -2.26. The van der Waals surface area contributed by atoms with Crippen molar-refractivity contribution in [3.05, 3.63) is 29.8 Å². The van der Waals surface area contributed by atoms with Crippen molar-refractivity contribution in [1.82, 2.24) is 5.32 Å². The molecule has 1 aliphatic carbocycles. The maximum Gasteiger partial charge on any atom is 0.335 e. The van der Waals surface area contributed by atoms with Gasteiger partial charge in [-0.2, -0.15) is 0 Å². The molecular weight excluding hydrogens is 266 g/mol. The number of carboxylic acids is 1. The minimum Gasteiger partial charge on any atom is -0.492 e. The molecule has 116 valence electrons. The Bertz CT molecular complexity index is 461. The molecule has 0 aliphatic heterocycles. The summed E-state index contributed by atoms with van der Waals surface area (Å²) < 4.78 is 5.58. The van der Waals surface area contributed by atoms with Crippen LogP contribution in [0.2, 0.25) is 0 Å². The molecule has 0 heterocycles. The van der Waals surface area contributed by atoms with Crippen LogP contribution in [-0.4, -0.2) is 30.8 Å². The van der Waals surface area contributed by atoms with Crippen LogP contribution >= 0.6 is 0 Å². The van der Waals surface area contributed by atoms with E-state index in [4.69, 9.17) is 9.84 Å². The summed E-state index contributed by atoms with van der Waals surface area (Å²) in [6.45, 7) is 4.75. The molecule has 4 heteroatoms. The molecule has 4 nitrogen and oxygen atoms in total. The van der Waals surface area contributed by atoms with E-state index in [9.17, 15) is 4.79 Å². The summed E-state index contributed by atoms with van der Waals surface area (Å²) in [6, 6.07) is 6.62. The number of aromatic carboxylic acids is 1. The lowest BCUT2D eigenvalue weighted by molar-refractivity contribution is 0.0696. The summed E-state index contributed by atoms with van der Waals surface area (Å²) in [7, 11) is 0. The largest absolute Gasteiger partial charge is 0.492 e. The van der Waals surface area contributed by atoms with Gasteiger partial charge in [0.15, 0.2) is 0 Å². The number of carboxylic acid groups (broad SMARTS) is 1. The summed E-state index contributed by atoms with van der Waals surface area (Å²) in [5.74, 6) is 1.35. The van der Waals surface area contributed by atoms with Gasteiger partial charge in [-0.05, 0) is 49.4 Å². The van der Waals surface area contributed by atoms with Gasteiger partial charge in [-0.25, -0.2) is 4.79 Å². The number of hydrogen-bond donors (Lipinski definition) is 2. The number of ether oxygens (including phenoxy) is 1. The number of nitrogens with one attached hydrogen (secondary N) is 1. The summed E-state index contributed by atoms with van der Waals surface area (Å²) in [5.41, 5.74) is 0.261. The monoisotopic (exact) mass is 291 g/mol. The average molecular weight is 291 g/mol. The van der Waals surface area contributed by atoms with Crippen molar-refractivity contribution in [2.24, 2.45) is 11.8 Å². The van der Waals surface area contributed by atoms with E-state index >= 15 is 0 Å². The van der Waals surface area contributed by atoms with Crippen molar-refractivity contribution in [3.63, 3.8) is 0 Å². The number of hydrogen-bond acceptors (Lipinski definition) is 3. The van der Waals surface area contributed by atoms with E-state index < -0.39 is 5.97 Å². The Balaban J connectivity index is 1.63. The van der Waals surface area contributed by atoms with Crippen LogP contribution in [0, 0.1) is 11.8 Å². The van der Waals surface area contributed by atoms with Gasteiger partial charge in [0, 0.05) is 6.54 Å². The molecule has 2 rings (SSSR count). The SMILES string of the molecule is CC1CCCC(CNCCOc2cccc(C(=O)O)c2)C1. The van der Waals surface area contributed by atoms with Gasteiger partial charge in [0.05, 0.1) is 5.56 Å². The third-order valence-corrected chi connectivity index (χ3v) is 4.11. The summed E-state index contributed by atoms with van der Waals surface area (Å²) in [4.78, 5) is 10.9. The van der Waals surface area contributed by atoms with Crippen LogP contribution in [0.1, 0.15) is 43.0 Å². The molecule has 0 spiro atoms. The second-order valence-electron chi connectivity index (χ2n) is 6.02. The van der Waals surface area contributed by atoms with Gasteiger partial charge in [-0.1, -0.05) is 25.8 Å². The topological polar surface area (TPSA) is 58.6 Å². The molecule has 1 aromatic rings. The molecule has 2 N–H and O–H groups in total. The lowest BCUT2D eigenvalue weighted by Crippen LogP contribution is -2.29. The Labute approximate surface area is 126 Å². The average Bonchev–Trinajstić information content (AvgIpc) is 2.47. The fourth-order valence-corrected chi connectivity index (χ4v) is 3.01. The molecule has 1 saturated carbocycles. The number of benzene rings is 1. The Hall–Kier alpha value is -1.55. The van der Waals surface area contributed by atoms with Gasteiger partial charge in [0.2, 0.25) is 0 Å². The van der Waals surface area contributed by atoms with Crippen LogP contribution in [-0.2, 0) is 0 Å². The van der Waals surface area contributed by atoms with Crippen molar-refractivity contribution >= 4 is 5.97 Å². The van der Waals surface area contributed by atoms with Gasteiger partial charge in [-0.3, -0.25) is 0 Å². The van der Waals surface area contributed by atoms with Crippen molar-refractivity contribution in [3.8, 4) is 5.75 Å². The number of carbonyl (C=O) groups is 1. The molecule has 2 atom stereocenters. The Morgan fingerprint density at radius 2 is 2.29 bits per heavy atom. The van der Waals surface area contributed by atoms with E-state index in [1.54, 1.807) is 24.3 Å². The molecule has 1 aromatic carbocycles. The molecule has 1 fully saturated rings. The van der Waals surface area contributed by atoms with Crippen molar-refractivity contribution < 1.29 is 14.6 Å². The van der Waals surface area contributed by atoms with Gasteiger partial charge in [0.25, 0.3) is 0 Å². The Morgan fingerprint density at radius 3 is 3.05 bits per heavy atom. The molecule has 0 bridgehead atoms. The second kappa shape index (κ2) is 8.03. The van der Waals surface area contributed by atoms with Crippen molar-refractivity contribution in [2.75, 3.05) is 19.7 Å². The van der Waals surface area contributed by atoms with Crippen molar-refractivity contribution in [1.29, 1.82) is 0 Å². The number of rotatable bonds is 7. The Kier molecular flexibility index (Phi) is 6.05. The predicted octanol–water partition coefficient (Wildman–Crippen LogP) is 3.18. The maximum atomic E-state index is 10.9. The maximum absolute atomic E-state index is 10.9. The van der Waals surface area contributed by atoms with Crippen LogP contribution in [0.4, 0.5) is 0 Å². The zero-order valence-electron chi connectivity index (χ0n) is 12.7. The first-order valence-electron chi connectivity index (χ1n) is 7.82. The lowest BCUT2D eigenvalue weighted by atomic mass is 9.82. The van der Waals surface area contributed by atoms with Crippen molar-refractivity contribution in [2.45, 2.75) is 32.6 Å². The van der Waals surface area contributed by atoms with Crippen LogP contribution in [0.3, 0.4) is 0 Å². The third-order valence-electron chi connectivity index (χ3n) is 4.11. The molecule has 21 heavy (non-hydrogen) atoms. The first kappa shape index (κ1) is 15.8. The zero-order valence-corrected chi connectivity index (χ0v) is 12.7. The van der Waals surface area contributed by atoms with E-state index in [-0.39, 0.29) is 5.56 Å². The summed E-state index contributed by atoms with van der Waals surface area (Å²) in [5, 5.41) is 12.4.